The summed E-state index contributed by atoms with van der Waals surface area (Å²) in [5.74, 6) is -0.828. The maximum atomic E-state index is 13.0. The zero-order valence-electron chi connectivity index (χ0n) is 13.6. The third-order valence-corrected chi connectivity index (χ3v) is 4.96. The summed E-state index contributed by atoms with van der Waals surface area (Å²) < 4.78 is 33.2. The van der Waals surface area contributed by atoms with Gasteiger partial charge >= 0.3 is 0 Å². The molecule has 0 spiro atoms. The van der Waals surface area contributed by atoms with Crippen molar-refractivity contribution in [2.45, 2.75) is 30.5 Å². The number of methoxy groups -OCH3 is 1. The molecule has 2 aromatic rings. The molecule has 1 saturated carbocycles. The fourth-order valence-electron chi connectivity index (χ4n) is 2.55. The minimum Gasteiger partial charge on any atom is -0.497 e. The first-order valence-corrected chi connectivity index (χ1v) is 8.77. The number of aromatic nitrogens is 3. The van der Waals surface area contributed by atoms with E-state index in [1.807, 2.05) is 35.9 Å². The number of hydrogen-bond donors (Lipinski definition) is 1. The fraction of sp³-hybridized carbons (Fsp3) is 0.500. The molecule has 1 N–H and O–H groups in total. The largest absolute Gasteiger partial charge is 0.497 e. The number of thioether (sulfide) groups is 1. The molecule has 3 rings (SSSR count). The van der Waals surface area contributed by atoms with E-state index in [4.69, 9.17) is 4.74 Å². The van der Waals surface area contributed by atoms with E-state index in [2.05, 4.69) is 15.5 Å². The molecule has 0 radical (unpaired) electrons. The minimum atomic E-state index is -2.46. The molecule has 0 aliphatic heterocycles. The molecule has 8 heteroatoms. The lowest BCUT2D eigenvalue weighted by Gasteiger charge is -2.11. The van der Waals surface area contributed by atoms with Gasteiger partial charge in [-0.2, -0.15) is 0 Å². The quantitative estimate of drug-likeness (QED) is 0.738. The molecule has 0 unspecified atom stereocenters. The van der Waals surface area contributed by atoms with Crippen molar-refractivity contribution in [1.29, 1.82) is 0 Å². The van der Waals surface area contributed by atoms with E-state index in [1.54, 1.807) is 7.11 Å². The van der Waals surface area contributed by atoms with Crippen LogP contribution in [0.15, 0.2) is 29.4 Å². The van der Waals surface area contributed by atoms with Gasteiger partial charge in [-0.25, -0.2) is 8.78 Å². The highest BCUT2D eigenvalue weighted by Gasteiger charge is 2.55. The van der Waals surface area contributed by atoms with Crippen molar-refractivity contribution in [2.24, 2.45) is 5.92 Å². The van der Waals surface area contributed by atoms with E-state index >= 15 is 0 Å². The average molecular weight is 354 g/mol. The standard InChI is InChI=1S/C16H20F2N4OS/c1-19-10-14-20-21-15(24-7-6-11-9-16(11,17)18)22(14)12-4-3-5-13(8-12)23-2/h3-5,8,11,19H,6-7,9-10H2,1-2H3/t11-/m1/s1. The summed E-state index contributed by atoms with van der Waals surface area (Å²) in [6, 6.07) is 7.62. The van der Waals surface area contributed by atoms with Gasteiger partial charge in [-0.1, -0.05) is 17.8 Å². The molecule has 1 atom stereocenters. The van der Waals surface area contributed by atoms with Crippen LogP contribution in [0.4, 0.5) is 8.78 Å². The summed E-state index contributed by atoms with van der Waals surface area (Å²) in [7, 11) is 3.46. The van der Waals surface area contributed by atoms with Crippen LogP contribution in [0.3, 0.4) is 0 Å². The van der Waals surface area contributed by atoms with Crippen LogP contribution in [0.5, 0.6) is 5.75 Å². The lowest BCUT2D eigenvalue weighted by Crippen LogP contribution is -2.12. The molecule has 1 aliphatic carbocycles. The van der Waals surface area contributed by atoms with Gasteiger partial charge in [-0.15, -0.1) is 10.2 Å². The van der Waals surface area contributed by atoms with Crippen molar-refractivity contribution >= 4 is 11.8 Å². The monoisotopic (exact) mass is 354 g/mol. The van der Waals surface area contributed by atoms with Gasteiger partial charge in [0, 0.05) is 24.2 Å². The van der Waals surface area contributed by atoms with Crippen LogP contribution >= 0.6 is 11.8 Å². The second-order valence-corrected chi connectivity index (χ2v) is 6.83. The third-order valence-electron chi connectivity index (χ3n) is 4.00. The van der Waals surface area contributed by atoms with Gasteiger partial charge in [-0.3, -0.25) is 4.57 Å². The van der Waals surface area contributed by atoms with Gasteiger partial charge < -0.3 is 10.1 Å². The van der Waals surface area contributed by atoms with Gasteiger partial charge in [0.2, 0.25) is 0 Å². The van der Waals surface area contributed by atoms with Crippen LogP contribution in [0.2, 0.25) is 0 Å². The molecule has 1 fully saturated rings. The molecule has 0 saturated heterocycles. The first kappa shape index (κ1) is 17.2. The normalized spacial score (nSPS) is 18.6. The Morgan fingerprint density at radius 1 is 1.42 bits per heavy atom. The zero-order valence-corrected chi connectivity index (χ0v) is 14.4. The summed E-state index contributed by atoms with van der Waals surface area (Å²) in [5.41, 5.74) is 0.892. The van der Waals surface area contributed by atoms with Crippen LogP contribution in [0.1, 0.15) is 18.7 Å². The van der Waals surface area contributed by atoms with Crippen molar-refractivity contribution in [3.8, 4) is 11.4 Å². The van der Waals surface area contributed by atoms with Crippen molar-refractivity contribution in [1.82, 2.24) is 20.1 Å². The van der Waals surface area contributed by atoms with E-state index in [0.717, 1.165) is 17.3 Å². The first-order valence-electron chi connectivity index (χ1n) is 7.79. The topological polar surface area (TPSA) is 52.0 Å². The number of alkyl halides is 2. The van der Waals surface area contributed by atoms with E-state index in [9.17, 15) is 8.78 Å². The Bertz CT molecular complexity index is 707. The van der Waals surface area contributed by atoms with E-state index < -0.39 is 11.8 Å². The summed E-state index contributed by atoms with van der Waals surface area (Å²) in [4.78, 5) is 0. The highest BCUT2D eigenvalue weighted by Crippen LogP contribution is 2.51. The van der Waals surface area contributed by atoms with Gasteiger partial charge in [0.05, 0.1) is 19.3 Å². The molecule has 1 heterocycles. The Kier molecular flexibility index (Phi) is 5.05. The molecule has 130 valence electrons. The van der Waals surface area contributed by atoms with Crippen LogP contribution < -0.4 is 10.1 Å². The number of ether oxygens (including phenoxy) is 1. The van der Waals surface area contributed by atoms with Crippen LogP contribution in [0.25, 0.3) is 5.69 Å². The number of nitrogens with one attached hydrogen (secondary N) is 1. The van der Waals surface area contributed by atoms with E-state index in [-0.39, 0.29) is 6.42 Å². The Labute approximate surface area is 143 Å². The summed E-state index contributed by atoms with van der Waals surface area (Å²) in [5, 5.41) is 12.2. The minimum absolute atomic E-state index is 0.0150. The van der Waals surface area contributed by atoms with Crippen LogP contribution in [-0.2, 0) is 6.54 Å². The molecular formula is C16H20F2N4OS. The Morgan fingerprint density at radius 2 is 2.21 bits per heavy atom. The summed E-state index contributed by atoms with van der Waals surface area (Å²) in [6.45, 7) is 0.561. The Morgan fingerprint density at radius 3 is 2.88 bits per heavy atom. The van der Waals surface area contributed by atoms with Gasteiger partial charge in [-0.05, 0) is 25.6 Å². The maximum absolute atomic E-state index is 13.0. The highest BCUT2D eigenvalue weighted by atomic mass is 32.2. The first-order chi connectivity index (χ1) is 11.5. The van der Waals surface area contributed by atoms with Crippen LogP contribution in [0, 0.1) is 5.92 Å². The molecule has 1 aromatic carbocycles. The van der Waals surface area contributed by atoms with Gasteiger partial charge in [0.15, 0.2) is 11.0 Å². The highest BCUT2D eigenvalue weighted by molar-refractivity contribution is 7.99. The van der Waals surface area contributed by atoms with Crippen molar-refractivity contribution in [3.63, 3.8) is 0 Å². The lowest BCUT2D eigenvalue weighted by atomic mass is 10.3. The molecule has 5 nitrogen and oxygen atoms in total. The molecule has 1 aromatic heterocycles. The smallest absolute Gasteiger partial charge is 0.251 e. The molecule has 0 bridgehead atoms. The third kappa shape index (κ3) is 3.70. The second kappa shape index (κ2) is 7.06. The average Bonchev–Trinajstić information content (AvgIpc) is 2.99. The van der Waals surface area contributed by atoms with E-state index in [0.29, 0.717) is 23.9 Å². The maximum Gasteiger partial charge on any atom is 0.251 e. The SMILES string of the molecule is CNCc1nnc(SCC[C@@H]2CC2(F)F)n1-c1cccc(OC)c1. The lowest BCUT2D eigenvalue weighted by molar-refractivity contribution is 0.0983. The van der Waals surface area contributed by atoms with E-state index in [1.165, 1.54) is 11.8 Å². The molecular weight excluding hydrogens is 334 g/mol. The second-order valence-electron chi connectivity index (χ2n) is 5.77. The fourth-order valence-corrected chi connectivity index (χ4v) is 3.57. The van der Waals surface area contributed by atoms with Crippen LogP contribution in [-0.4, -0.2) is 40.6 Å². The van der Waals surface area contributed by atoms with Gasteiger partial charge in [0.25, 0.3) is 5.92 Å². The predicted molar refractivity (Wildman–Crippen MR) is 89.1 cm³/mol. The molecule has 1 aliphatic rings. The number of nitrogens with zero attached hydrogens (tertiary/aromatic N) is 3. The van der Waals surface area contributed by atoms with Crippen molar-refractivity contribution in [3.05, 3.63) is 30.1 Å². The number of halogens is 2. The number of benzene rings is 1. The van der Waals surface area contributed by atoms with Crippen molar-refractivity contribution < 1.29 is 13.5 Å². The number of rotatable bonds is 8. The van der Waals surface area contributed by atoms with Gasteiger partial charge in [0.1, 0.15) is 5.75 Å². The Hall–Kier alpha value is -1.67. The summed E-state index contributed by atoms with van der Waals surface area (Å²) in [6.07, 6.45) is 0.505. The van der Waals surface area contributed by atoms with Crippen molar-refractivity contribution in [2.75, 3.05) is 19.9 Å². The number of hydrogen-bond acceptors (Lipinski definition) is 5. The zero-order chi connectivity index (χ0) is 17.2. The molecule has 24 heavy (non-hydrogen) atoms. The summed E-state index contributed by atoms with van der Waals surface area (Å²) >= 11 is 1.46. The Balaban J connectivity index is 1.78. The predicted octanol–water partition coefficient (Wildman–Crippen LogP) is 3.13. The molecule has 0 amide bonds.